The molecule has 2 heterocycles. The fraction of sp³-hybridized carbons (Fsp3) is 0.261. The molecule has 0 unspecified atom stereocenters. The van der Waals surface area contributed by atoms with Crippen molar-refractivity contribution in [2.75, 3.05) is 26.2 Å². The summed E-state index contributed by atoms with van der Waals surface area (Å²) in [7, 11) is 0. The molecule has 30 heavy (non-hydrogen) atoms. The largest absolute Gasteiger partial charge is 0.489 e. The van der Waals surface area contributed by atoms with Gasteiger partial charge in [0.1, 0.15) is 12.4 Å². The Morgan fingerprint density at radius 2 is 1.77 bits per heavy atom. The molecule has 0 aliphatic carbocycles. The van der Waals surface area contributed by atoms with Crippen molar-refractivity contribution in [1.82, 2.24) is 9.80 Å². The number of rotatable bonds is 4. The van der Waals surface area contributed by atoms with Crippen molar-refractivity contribution in [2.45, 2.75) is 13.5 Å². The summed E-state index contributed by atoms with van der Waals surface area (Å²) in [5.41, 5.74) is 2.04. The summed E-state index contributed by atoms with van der Waals surface area (Å²) in [6.45, 7) is 4.81. The molecule has 7 heteroatoms. The molecule has 1 fully saturated rings. The number of ether oxygens (including phenoxy) is 1. The van der Waals surface area contributed by atoms with E-state index in [2.05, 4.69) is 9.89 Å². The molecule has 6 nitrogen and oxygen atoms in total. The normalized spacial score (nSPS) is 18.0. The van der Waals surface area contributed by atoms with Gasteiger partial charge in [-0.3, -0.25) is 9.59 Å². The molecule has 2 aromatic rings. The molecule has 2 aromatic carbocycles. The van der Waals surface area contributed by atoms with Crippen molar-refractivity contribution in [1.29, 1.82) is 0 Å². The number of nitrogens with zero attached hydrogens (tertiary/aromatic N) is 3. The van der Waals surface area contributed by atoms with Gasteiger partial charge in [0, 0.05) is 33.1 Å². The maximum atomic E-state index is 12.3. The first-order valence-corrected chi connectivity index (χ1v) is 10.7. The van der Waals surface area contributed by atoms with Crippen LogP contribution in [0, 0.1) is 0 Å². The lowest BCUT2D eigenvalue weighted by Gasteiger charge is -2.34. The fourth-order valence-corrected chi connectivity index (χ4v) is 4.26. The van der Waals surface area contributed by atoms with Crippen molar-refractivity contribution in [3.8, 4) is 5.75 Å². The van der Waals surface area contributed by atoms with Crippen LogP contribution in [0.5, 0.6) is 5.75 Å². The molecule has 0 atom stereocenters. The Balaban J connectivity index is 1.34. The van der Waals surface area contributed by atoms with E-state index >= 15 is 0 Å². The van der Waals surface area contributed by atoms with Gasteiger partial charge in [0.2, 0.25) is 5.91 Å². The molecule has 4 rings (SSSR count). The van der Waals surface area contributed by atoms with Crippen molar-refractivity contribution < 1.29 is 14.3 Å². The summed E-state index contributed by atoms with van der Waals surface area (Å²) >= 11 is 1.39. The highest BCUT2D eigenvalue weighted by atomic mass is 32.2. The summed E-state index contributed by atoms with van der Waals surface area (Å²) in [6.07, 6.45) is 1.86. The molecule has 2 aliphatic rings. The van der Waals surface area contributed by atoms with Gasteiger partial charge in [-0.15, -0.1) is 0 Å². The van der Waals surface area contributed by atoms with E-state index in [1.54, 1.807) is 6.92 Å². The lowest BCUT2D eigenvalue weighted by atomic mass is 10.2. The first kappa shape index (κ1) is 20.2. The summed E-state index contributed by atoms with van der Waals surface area (Å²) in [4.78, 5) is 32.5. The van der Waals surface area contributed by atoms with Gasteiger partial charge in [-0.2, -0.15) is 4.99 Å². The highest BCUT2D eigenvalue weighted by Gasteiger charge is 2.28. The third-order valence-electron chi connectivity index (χ3n) is 5.03. The summed E-state index contributed by atoms with van der Waals surface area (Å²) in [6, 6.07) is 17.7. The molecule has 2 aliphatic heterocycles. The molecule has 0 radical (unpaired) electrons. The van der Waals surface area contributed by atoms with Gasteiger partial charge in [0.15, 0.2) is 5.17 Å². The van der Waals surface area contributed by atoms with E-state index in [0.717, 1.165) is 22.0 Å². The van der Waals surface area contributed by atoms with Crippen molar-refractivity contribution in [2.24, 2.45) is 4.99 Å². The van der Waals surface area contributed by atoms with Gasteiger partial charge in [0.05, 0.1) is 4.91 Å². The number of piperazine rings is 1. The standard InChI is InChI=1S/C23H23N3O3S/c1-17(27)25-11-13-26(14-12-25)23-24-22(28)21(30-23)15-18-7-9-20(10-8-18)29-16-19-5-3-2-4-6-19/h2-10,15H,11-14,16H2,1H3/b21-15-. The smallest absolute Gasteiger partial charge is 0.286 e. The van der Waals surface area contributed by atoms with Crippen LogP contribution < -0.4 is 4.74 Å². The van der Waals surface area contributed by atoms with Gasteiger partial charge < -0.3 is 14.5 Å². The zero-order chi connectivity index (χ0) is 20.9. The molecule has 1 saturated heterocycles. The molecular weight excluding hydrogens is 398 g/mol. The number of amidine groups is 1. The van der Waals surface area contributed by atoms with Gasteiger partial charge in [-0.25, -0.2) is 0 Å². The number of thioether (sulfide) groups is 1. The van der Waals surface area contributed by atoms with E-state index in [-0.39, 0.29) is 11.8 Å². The zero-order valence-electron chi connectivity index (χ0n) is 16.8. The second-order valence-corrected chi connectivity index (χ2v) is 8.16. The number of hydrogen-bond acceptors (Lipinski definition) is 5. The monoisotopic (exact) mass is 421 g/mol. The first-order valence-electron chi connectivity index (χ1n) is 9.88. The van der Waals surface area contributed by atoms with Crippen LogP contribution in [0.2, 0.25) is 0 Å². The average molecular weight is 422 g/mol. The Morgan fingerprint density at radius 1 is 1.07 bits per heavy atom. The van der Waals surface area contributed by atoms with Crippen LogP contribution in [0.15, 0.2) is 64.5 Å². The van der Waals surface area contributed by atoms with Crippen LogP contribution in [0.3, 0.4) is 0 Å². The molecule has 0 spiro atoms. The van der Waals surface area contributed by atoms with E-state index < -0.39 is 0 Å². The number of benzene rings is 2. The van der Waals surface area contributed by atoms with Crippen molar-refractivity contribution >= 4 is 34.8 Å². The van der Waals surface area contributed by atoms with E-state index in [1.165, 1.54) is 11.8 Å². The summed E-state index contributed by atoms with van der Waals surface area (Å²) in [5.74, 6) is 0.656. The number of carbonyl (C=O) groups is 2. The second kappa shape index (κ2) is 9.17. The van der Waals surface area contributed by atoms with E-state index in [1.807, 2.05) is 65.6 Å². The Bertz CT molecular complexity index is 979. The van der Waals surface area contributed by atoms with Crippen LogP contribution in [-0.2, 0) is 16.2 Å². The van der Waals surface area contributed by atoms with Crippen LogP contribution >= 0.6 is 11.8 Å². The van der Waals surface area contributed by atoms with Gasteiger partial charge in [-0.1, -0.05) is 42.5 Å². The molecule has 154 valence electrons. The molecule has 0 saturated carbocycles. The third kappa shape index (κ3) is 4.91. The molecule has 2 amide bonds. The first-order chi connectivity index (χ1) is 14.6. The van der Waals surface area contributed by atoms with Crippen LogP contribution in [0.25, 0.3) is 6.08 Å². The second-order valence-electron chi connectivity index (χ2n) is 7.15. The maximum Gasteiger partial charge on any atom is 0.286 e. The Morgan fingerprint density at radius 3 is 2.43 bits per heavy atom. The highest BCUT2D eigenvalue weighted by Crippen LogP contribution is 2.31. The number of hydrogen-bond donors (Lipinski definition) is 0. The molecule has 0 bridgehead atoms. The van der Waals surface area contributed by atoms with E-state index in [0.29, 0.717) is 37.7 Å². The molecule has 0 aromatic heterocycles. The predicted molar refractivity (Wildman–Crippen MR) is 119 cm³/mol. The maximum absolute atomic E-state index is 12.3. The van der Waals surface area contributed by atoms with Crippen LogP contribution in [0.1, 0.15) is 18.1 Å². The zero-order valence-corrected chi connectivity index (χ0v) is 17.6. The average Bonchev–Trinajstić information content (AvgIpc) is 3.14. The van der Waals surface area contributed by atoms with Crippen LogP contribution in [-0.4, -0.2) is 53.0 Å². The van der Waals surface area contributed by atoms with E-state index in [9.17, 15) is 9.59 Å². The minimum absolute atomic E-state index is 0.0866. The molecular formula is C23H23N3O3S. The topological polar surface area (TPSA) is 62.2 Å². The minimum atomic E-state index is -0.214. The van der Waals surface area contributed by atoms with E-state index in [4.69, 9.17) is 4.74 Å². The van der Waals surface area contributed by atoms with Gasteiger partial charge in [-0.05, 0) is 41.1 Å². The van der Waals surface area contributed by atoms with Gasteiger partial charge >= 0.3 is 0 Å². The lowest BCUT2D eigenvalue weighted by molar-refractivity contribution is -0.130. The van der Waals surface area contributed by atoms with Crippen molar-refractivity contribution in [3.63, 3.8) is 0 Å². The summed E-state index contributed by atoms with van der Waals surface area (Å²) < 4.78 is 5.81. The van der Waals surface area contributed by atoms with Crippen molar-refractivity contribution in [3.05, 3.63) is 70.6 Å². The lowest BCUT2D eigenvalue weighted by Crippen LogP contribution is -2.49. The number of carbonyl (C=O) groups excluding carboxylic acids is 2. The Hall–Kier alpha value is -3.06. The summed E-state index contributed by atoms with van der Waals surface area (Å²) in [5, 5.41) is 0.720. The third-order valence-corrected chi connectivity index (χ3v) is 6.08. The van der Waals surface area contributed by atoms with Crippen LogP contribution in [0.4, 0.5) is 0 Å². The SMILES string of the molecule is CC(=O)N1CCN(C2=NC(=O)/C(=C/c3ccc(OCc4ccccc4)cc3)S2)CC1. The minimum Gasteiger partial charge on any atom is -0.489 e. The Kier molecular flexibility index (Phi) is 6.18. The quantitative estimate of drug-likeness (QED) is 0.708. The number of aliphatic imine (C=N–C) groups is 1. The number of amides is 2. The Labute approximate surface area is 180 Å². The van der Waals surface area contributed by atoms with Gasteiger partial charge in [0.25, 0.3) is 5.91 Å². The fourth-order valence-electron chi connectivity index (χ4n) is 3.30. The molecule has 0 N–H and O–H groups in total. The highest BCUT2D eigenvalue weighted by molar-refractivity contribution is 8.18. The predicted octanol–water partition coefficient (Wildman–Crippen LogP) is 3.40.